The van der Waals surface area contributed by atoms with Crippen molar-refractivity contribution in [1.29, 1.82) is 5.41 Å². The van der Waals surface area contributed by atoms with Gasteiger partial charge in [-0.3, -0.25) is 10.3 Å². The Kier molecular flexibility index (Phi) is 4.83. The molecular weight excluding hydrogens is 156 g/mol. The maximum atomic E-state index is 10.7. The maximum Gasteiger partial charge on any atom is 0.321 e. The number of urea groups is 1. The summed E-state index contributed by atoms with van der Waals surface area (Å²) in [5, 5.41) is 7.02. The first kappa shape index (κ1) is 10.7. The van der Waals surface area contributed by atoms with Gasteiger partial charge < -0.3 is 11.5 Å². The molecule has 0 radical (unpaired) electrons. The van der Waals surface area contributed by atoms with E-state index >= 15 is 0 Å². The van der Waals surface area contributed by atoms with Gasteiger partial charge in [-0.1, -0.05) is 19.8 Å². The predicted molar refractivity (Wildman–Crippen MR) is 47.7 cm³/mol. The molecule has 5 N–H and O–H groups in total. The summed E-state index contributed by atoms with van der Waals surface area (Å²) >= 11 is 0. The van der Waals surface area contributed by atoms with E-state index in [-0.39, 0.29) is 5.96 Å². The number of unbranched alkanes of at least 4 members (excludes halogenated alkanes) is 2. The number of amides is 2. The summed E-state index contributed by atoms with van der Waals surface area (Å²) < 4.78 is 0. The molecule has 70 valence electrons. The van der Waals surface area contributed by atoms with Crippen molar-refractivity contribution in [1.82, 2.24) is 4.90 Å². The van der Waals surface area contributed by atoms with Crippen molar-refractivity contribution < 1.29 is 4.79 Å². The van der Waals surface area contributed by atoms with Gasteiger partial charge in [0.1, 0.15) is 0 Å². The monoisotopic (exact) mass is 172 g/mol. The Morgan fingerprint density at radius 2 is 2.00 bits per heavy atom. The highest BCUT2D eigenvalue weighted by molar-refractivity contribution is 5.92. The first-order valence-electron chi connectivity index (χ1n) is 4.00. The van der Waals surface area contributed by atoms with Crippen LogP contribution in [0.3, 0.4) is 0 Å². The van der Waals surface area contributed by atoms with Crippen molar-refractivity contribution in [2.45, 2.75) is 26.2 Å². The minimum atomic E-state index is -0.654. The number of rotatable bonds is 4. The fraction of sp³-hybridized carbons (Fsp3) is 0.714. The molecule has 0 aromatic carbocycles. The number of carbonyl (C=O) groups excluding carboxylic acids is 1. The van der Waals surface area contributed by atoms with Crippen LogP contribution in [0.4, 0.5) is 4.79 Å². The second-order valence-corrected chi connectivity index (χ2v) is 2.58. The van der Waals surface area contributed by atoms with E-state index in [9.17, 15) is 4.79 Å². The fourth-order valence-corrected chi connectivity index (χ4v) is 0.869. The highest BCUT2D eigenvalue weighted by Crippen LogP contribution is 1.97. The predicted octanol–water partition coefficient (Wildman–Crippen LogP) is 0.451. The summed E-state index contributed by atoms with van der Waals surface area (Å²) in [7, 11) is 0. The van der Waals surface area contributed by atoms with Crippen LogP contribution in [0.1, 0.15) is 26.2 Å². The fourth-order valence-electron chi connectivity index (χ4n) is 0.869. The van der Waals surface area contributed by atoms with Crippen LogP contribution >= 0.6 is 0 Å². The third-order valence-corrected chi connectivity index (χ3v) is 1.54. The van der Waals surface area contributed by atoms with Crippen LogP contribution in [-0.4, -0.2) is 23.4 Å². The topological polar surface area (TPSA) is 96.2 Å². The molecule has 0 aliphatic carbocycles. The molecule has 0 atom stereocenters. The van der Waals surface area contributed by atoms with Crippen molar-refractivity contribution in [3.8, 4) is 0 Å². The van der Waals surface area contributed by atoms with Gasteiger partial charge in [-0.05, 0) is 6.42 Å². The number of carbonyl (C=O) groups is 1. The van der Waals surface area contributed by atoms with E-state index < -0.39 is 6.03 Å². The van der Waals surface area contributed by atoms with E-state index in [1.54, 1.807) is 0 Å². The molecule has 5 heteroatoms. The van der Waals surface area contributed by atoms with E-state index in [1.807, 2.05) is 0 Å². The lowest BCUT2D eigenvalue weighted by Gasteiger charge is -2.17. The first-order chi connectivity index (χ1) is 5.59. The van der Waals surface area contributed by atoms with Crippen LogP contribution in [0.5, 0.6) is 0 Å². The molecule has 0 unspecified atom stereocenters. The Labute approximate surface area is 72.2 Å². The number of hydrogen-bond donors (Lipinski definition) is 3. The molecule has 0 aromatic rings. The molecule has 0 saturated heterocycles. The largest absolute Gasteiger partial charge is 0.370 e. The Bertz CT molecular complexity index is 155. The maximum absolute atomic E-state index is 10.7. The highest BCUT2D eigenvalue weighted by Gasteiger charge is 2.10. The lowest BCUT2D eigenvalue weighted by molar-refractivity contribution is 0.228. The van der Waals surface area contributed by atoms with Crippen molar-refractivity contribution in [2.24, 2.45) is 11.5 Å². The molecule has 0 fully saturated rings. The smallest absolute Gasteiger partial charge is 0.321 e. The molecule has 0 spiro atoms. The van der Waals surface area contributed by atoms with Gasteiger partial charge in [0.25, 0.3) is 0 Å². The van der Waals surface area contributed by atoms with Gasteiger partial charge >= 0.3 is 6.03 Å². The average Bonchev–Trinajstić information content (AvgIpc) is 1.96. The Balaban J connectivity index is 3.80. The third kappa shape index (κ3) is 3.80. The number of guanidine groups is 1. The summed E-state index contributed by atoms with van der Waals surface area (Å²) in [5.74, 6) is -0.279. The second kappa shape index (κ2) is 5.40. The molecule has 2 amide bonds. The van der Waals surface area contributed by atoms with Crippen molar-refractivity contribution in [3.63, 3.8) is 0 Å². The third-order valence-electron chi connectivity index (χ3n) is 1.54. The minimum absolute atomic E-state index is 0.279. The van der Waals surface area contributed by atoms with Crippen molar-refractivity contribution in [3.05, 3.63) is 0 Å². The number of hydrogen-bond acceptors (Lipinski definition) is 2. The molecule has 0 aliphatic rings. The summed E-state index contributed by atoms with van der Waals surface area (Å²) in [6.07, 6.45) is 2.90. The van der Waals surface area contributed by atoms with E-state index in [1.165, 1.54) is 0 Å². The van der Waals surface area contributed by atoms with Crippen LogP contribution < -0.4 is 11.5 Å². The number of nitrogens with zero attached hydrogens (tertiary/aromatic N) is 1. The van der Waals surface area contributed by atoms with Crippen LogP contribution in [0, 0.1) is 5.41 Å². The number of primary amides is 1. The number of nitrogens with one attached hydrogen (secondary N) is 1. The molecule has 12 heavy (non-hydrogen) atoms. The Morgan fingerprint density at radius 1 is 1.42 bits per heavy atom. The van der Waals surface area contributed by atoms with Crippen molar-refractivity contribution >= 4 is 12.0 Å². The standard InChI is InChI=1S/C7H16N4O/c1-2-3-4-5-11(6(8)9)7(10)12/h2-5H2,1H3,(H3,8,9)(H2,10,12). The van der Waals surface area contributed by atoms with Crippen LogP contribution in [0.2, 0.25) is 0 Å². The molecule has 0 saturated carbocycles. The zero-order valence-electron chi connectivity index (χ0n) is 7.34. The summed E-state index contributed by atoms with van der Waals surface area (Å²) in [6, 6.07) is -0.654. The van der Waals surface area contributed by atoms with Gasteiger partial charge in [0, 0.05) is 6.54 Å². The van der Waals surface area contributed by atoms with Gasteiger partial charge in [-0.25, -0.2) is 4.79 Å². The second-order valence-electron chi connectivity index (χ2n) is 2.58. The van der Waals surface area contributed by atoms with Gasteiger partial charge in [-0.2, -0.15) is 0 Å². The first-order valence-corrected chi connectivity index (χ1v) is 4.00. The molecule has 5 nitrogen and oxygen atoms in total. The normalized spacial score (nSPS) is 9.42. The summed E-state index contributed by atoms with van der Waals surface area (Å²) in [6.45, 7) is 2.50. The Morgan fingerprint density at radius 3 is 2.33 bits per heavy atom. The quantitative estimate of drug-likeness (QED) is 0.326. The van der Waals surface area contributed by atoms with Crippen LogP contribution in [0.15, 0.2) is 0 Å². The summed E-state index contributed by atoms with van der Waals surface area (Å²) in [5.41, 5.74) is 10.1. The SMILES string of the molecule is CCCCCN(C(=N)N)C(N)=O. The zero-order chi connectivity index (χ0) is 9.56. The highest BCUT2D eigenvalue weighted by atomic mass is 16.2. The lowest BCUT2D eigenvalue weighted by Crippen LogP contribution is -2.44. The van der Waals surface area contributed by atoms with Gasteiger partial charge in [0.2, 0.25) is 0 Å². The Hall–Kier alpha value is -1.26. The van der Waals surface area contributed by atoms with Gasteiger partial charge in [-0.15, -0.1) is 0 Å². The van der Waals surface area contributed by atoms with E-state index in [0.29, 0.717) is 6.54 Å². The molecule has 0 rings (SSSR count). The molecule has 0 heterocycles. The molecular formula is C7H16N4O. The molecule has 0 bridgehead atoms. The minimum Gasteiger partial charge on any atom is -0.370 e. The molecule has 0 aliphatic heterocycles. The number of nitrogens with two attached hydrogens (primary N) is 2. The van der Waals surface area contributed by atoms with E-state index in [2.05, 4.69) is 6.92 Å². The van der Waals surface area contributed by atoms with Gasteiger partial charge in [0.15, 0.2) is 5.96 Å². The van der Waals surface area contributed by atoms with Gasteiger partial charge in [0.05, 0.1) is 0 Å². The van der Waals surface area contributed by atoms with Crippen molar-refractivity contribution in [2.75, 3.05) is 6.54 Å². The van der Waals surface area contributed by atoms with Crippen LogP contribution in [0.25, 0.3) is 0 Å². The zero-order valence-corrected chi connectivity index (χ0v) is 7.34. The summed E-state index contributed by atoms with van der Waals surface area (Å²) in [4.78, 5) is 11.7. The van der Waals surface area contributed by atoms with Crippen LogP contribution in [-0.2, 0) is 0 Å². The average molecular weight is 172 g/mol. The van der Waals surface area contributed by atoms with E-state index in [0.717, 1.165) is 24.2 Å². The molecule has 0 aromatic heterocycles. The van der Waals surface area contributed by atoms with E-state index in [4.69, 9.17) is 16.9 Å². The lowest BCUT2D eigenvalue weighted by atomic mass is 10.2.